The maximum Gasteiger partial charge on any atom is 0.121 e. The van der Waals surface area contributed by atoms with Gasteiger partial charge >= 0.3 is 0 Å². The number of hydrogen-bond acceptors (Lipinski definition) is 4. The molecule has 0 radical (unpaired) electrons. The summed E-state index contributed by atoms with van der Waals surface area (Å²) in [5.41, 5.74) is 2.62. The highest BCUT2D eigenvalue weighted by Gasteiger charge is 2.06. The fraction of sp³-hybridized carbons (Fsp3) is 0.0625. The molecule has 0 fully saturated rings. The van der Waals surface area contributed by atoms with Crippen LogP contribution in [0.2, 0.25) is 0 Å². The van der Waals surface area contributed by atoms with Gasteiger partial charge in [-0.2, -0.15) is 0 Å². The van der Waals surface area contributed by atoms with Crippen LogP contribution in [0, 0.1) is 0 Å². The molecule has 0 saturated carbocycles. The number of methoxy groups -OCH3 is 1. The Morgan fingerprint density at radius 1 is 1.10 bits per heavy atom. The van der Waals surface area contributed by atoms with E-state index in [-0.39, 0.29) is 5.75 Å². The van der Waals surface area contributed by atoms with Gasteiger partial charge in [0, 0.05) is 23.3 Å². The summed E-state index contributed by atoms with van der Waals surface area (Å²) in [5.74, 6) is 1.01. The van der Waals surface area contributed by atoms with Crippen LogP contribution in [0.15, 0.2) is 54.7 Å². The normalized spacial score (nSPS) is 10.4. The van der Waals surface area contributed by atoms with Crippen molar-refractivity contribution in [3.05, 3.63) is 54.7 Å². The highest BCUT2D eigenvalue weighted by molar-refractivity contribution is 5.93. The Balaban J connectivity index is 2.07. The Morgan fingerprint density at radius 2 is 1.90 bits per heavy atom. The number of nitrogens with one attached hydrogen (secondary N) is 1. The molecule has 1 aromatic heterocycles. The number of nitrogens with zero attached hydrogens (tertiary/aromatic N) is 1. The van der Waals surface area contributed by atoms with Gasteiger partial charge in [0.25, 0.3) is 0 Å². The Labute approximate surface area is 116 Å². The molecule has 0 saturated heterocycles. The van der Waals surface area contributed by atoms with Gasteiger partial charge in [-0.3, -0.25) is 4.98 Å². The highest BCUT2D eigenvalue weighted by atomic mass is 16.5. The van der Waals surface area contributed by atoms with Crippen LogP contribution >= 0.6 is 0 Å². The monoisotopic (exact) mass is 266 g/mol. The Hall–Kier alpha value is -2.75. The van der Waals surface area contributed by atoms with Crippen molar-refractivity contribution in [2.45, 2.75) is 0 Å². The number of phenols is 1. The van der Waals surface area contributed by atoms with Gasteiger partial charge < -0.3 is 15.2 Å². The third-order valence-electron chi connectivity index (χ3n) is 3.06. The lowest BCUT2D eigenvalue weighted by molar-refractivity contribution is 0.415. The number of aromatic nitrogens is 1. The maximum atomic E-state index is 9.32. The van der Waals surface area contributed by atoms with E-state index in [0.717, 1.165) is 28.0 Å². The zero-order valence-electron chi connectivity index (χ0n) is 11.0. The van der Waals surface area contributed by atoms with Crippen LogP contribution in [-0.2, 0) is 0 Å². The molecule has 0 amide bonds. The van der Waals surface area contributed by atoms with Crippen molar-refractivity contribution >= 4 is 22.3 Å². The van der Waals surface area contributed by atoms with Gasteiger partial charge in [-0.15, -0.1) is 0 Å². The molecule has 2 aromatic carbocycles. The second kappa shape index (κ2) is 5.09. The SMILES string of the molecule is COc1cc(Nc2ccc(O)cc2)c2ncccc2c1. The van der Waals surface area contributed by atoms with Crippen molar-refractivity contribution in [1.82, 2.24) is 4.98 Å². The molecule has 0 atom stereocenters. The lowest BCUT2D eigenvalue weighted by Crippen LogP contribution is -1.94. The number of rotatable bonds is 3. The van der Waals surface area contributed by atoms with Crippen molar-refractivity contribution < 1.29 is 9.84 Å². The molecule has 100 valence electrons. The second-order valence-electron chi connectivity index (χ2n) is 4.42. The van der Waals surface area contributed by atoms with Gasteiger partial charge in [-0.05, 0) is 36.4 Å². The molecular formula is C16H14N2O2. The number of phenolic OH excluding ortho intramolecular Hbond substituents is 1. The third-order valence-corrected chi connectivity index (χ3v) is 3.06. The first-order valence-electron chi connectivity index (χ1n) is 6.25. The molecule has 4 heteroatoms. The number of anilines is 2. The van der Waals surface area contributed by atoms with Crippen molar-refractivity contribution in [1.29, 1.82) is 0 Å². The highest BCUT2D eigenvalue weighted by Crippen LogP contribution is 2.30. The average molecular weight is 266 g/mol. The summed E-state index contributed by atoms with van der Waals surface area (Å²) in [7, 11) is 1.64. The third kappa shape index (κ3) is 2.36. The summed E-state index contributed by atoms with van der Waals surface area (Å²) in [6.45, 7) is 0. The van der Waals surface area contributed by atoms with Gasteiger partial charge in [-0.25, -0.2) is 0 Å². The molecular weight excluding hydrogens is 252 g/mol. The van der Waals surface area contributed by atoms with E-state index in [1.54, 1.807) is 25.4 Å². The van der Waals surface area contributed by atoms with Crippen LogP contribution in [0.4, 0.5) is 11.4 Å². The van der Waals surface area contributed by atoms with Crippen molar-refractivity contribution in [3.8, 4) is 11.5 Å². The zero-order valence-corrected chi connectivity index (χ0v) is 11.0. The van der Waals surface area contributed by atoms with Crippen molar-refractivity contribution in [2.24, 2.45) is 0 Å². The lowest BCUT2D eigenvalue weighted by atomic mass is 10.1. The number of fused-ring (bicyclic) bond motifs is 1. The summed E-state index contributed by atoms with van der Waals surface area (Å²) in [6.07, 6.45) is 1.76. The molecule has 0 spiro atoms. The maximum absolute atomic E-state index is 9.32. The van der Waals surface area contributed by atoms with Gasteiger partial charge in [-0.1, -0.05) is 6.07 Å². The molecule has 0 aliphatic carbocycles. The number of ether oxygens (including phenoxy) is 1. The number of benzene rings is 2. The topological polar surface area (TPSA) is 54.4 Å². The van der Waals surface area contributed by atoms with Crippen LogP contribution in [0.25, 0.3) is 10.9 Å². The molecule has 2 N–H and O–H groups in total. The standard InChI is InChI=1S/C16H14N2O2/c1-20-14-9-11-3-2-8-17-16(11)15(10-14)18-12-4-6-13(19)7-5-12/h2-10,18-19H,1H3. The van der Waals surface area contributed by atoms with Crippen LogP contribution in [0.3, 0.4) is 0 Å². The molecule has 0 unspecified atom stereocenters. The van der Waals surface area contributed by atoms with E-state index in [0.29, 0.717) is 0 Å². The van der Waals surface area contributed by atoms with E-state index in [1.807, 2.05) is 36.4 Å². The van der Waals surface area contributed by atoms with E-state index in [2.05, 4.69) is 10.3 Å². The average Bonchev–Trinajstić information content (AvgIpc) is 2.49. The first-order valence-corrected chi connectivity index (χ1v) is 6.25. The van der Waals surface area contributed by atoms with E-state index >= 15 is 0 Å². The largest absolute Gasteiger partial charge is 0.508 e. The molecule has 20 heavy (non-hydrogen) atoms. The van der Waals surface area contributed by atoms with E-state index in [1.165, 1.54) is 0 Å². The van der Waals surface area contributed by atoms with E-state index in [4.69, 9.17) is 4.74 Å². The molecule has 0 bridgehead atoms. The first-order chi connectivity index (χ1) is 9.76. The number of aromatic hydroxyl groups is 1. The minimum absolute atomic E-state index is 0.240. The molecule has 3 rings (SSSR count). The minimum atomic E-state index is 0.240. The fourth-order valence-corrected chi connectivity index (χ4v) is 2.08. The molecule has 3 aromatic rings. The summed E-state index contributed by atoms with van der Waals surface area (Å²) in [5, 5.41) is 13.6. The van der Waals surface area contributed by atoms with Gasteiger partial charge in [0.2, 0.25) is 0 Å². The van der Waals surface area contributed by atoms with E-state index < -0.39 is 0 Å². The molecule has 1 heterocycles. The minimum Gasteiger partial charge on any atom is -0.508 e. The Bertz CT molecular complexity index is 739. The summed E-state index contributed by atoms with van der Waals surface area (Å²) in [6, 6.07) is 14.6. The predicted molar refractivity (Wildman–Crippen MR) is 79.7 cm³/mol. The van der Waals surface area contributed by atoms with Gasteiger partial charge in [0.15, 0.2) is 0 Å². The van der Waals surface area contributed by atoms with Gasteiger partial charge in [0.05, 0.1) is 18.3 Å². The number of pyridine rings is 1. The lowest BCUT2D eigenvalue weighted by Gasteiger charge is -2.11. The smallest absolute Gasteiger partial charge is 0.121 e. The Morgan fingerprint density at radius 3 is 2.65 bits per heavy atom. The first kappa shape index (κ1) is 12.3. The molecule has 0 aliphatic rings. The summed E-state index contributed by atoms with van der Waals surface area (Å²) in [4.78, 5) is 4.40. The number of hydrogen-bond donors (Lipinski definition) is 2. The van der Waals surface area contributed by atoms with Crippen LogP contribution in [0.5, 0.6) is 11.5 Å². The summed E-state index contributed by atoms with van der Waals surface area (Å²) >= 11 is 0. The molecule has 4 nitrogen and oxygen atoms in total. The fourth-order valence-electron chi connectivity index (χ4n) is 2.08. The quantitative estimate of drug-likeness (QED) is 0.710. The molecule has 0 aliphatic heterocycles. The second-order valence-corrected chi connectivity index (χ2v) is 4.42. The van der Waals surface area contributed by atoms with Crippen LogP contribution in [-0.4, -0.2) is 17.2 Å². The van der Waals surface area contributed by atoms with Crippen molar-refractivity contribution in [3.63, 3.8) is 0 Å². The van der Waals surface area contributed by atoms with Crippen LogP contribution in [0.1, 0.15) is 0 Å². The van der Waals surface area contributed by atoms with E-state index in [9.17, 15) is 5.11 Å². The Kier molecular flexibility index (Phi) is 3.13. The zero-order chi connectivity index (χ0) is 13.9. The van der Waals surface area contributed by atoms with Crippen LogP contribution < -0.4 is 10.1 Å². The van der Waals surface area contributed by atoms with Crippen molar-refractivity contribution in [2.75, 3.05) is 12.4 Å². The summed E-state index contributed by atoms with van der Waals surface area (Å²) < 4.78 is 5.31. The van der Waals surface area contributed by atoms with Gasteiger partial charge in [0.1, 0.15) is 11.5 Å². The predicted octanol–water partition coefficient (Wildman–Crippen LogP) is 3.69.